The van der Waals surface area contributed by atoms with E-state index in [1.54, 1.807) is 13.3 Å². The molecular weight excluding hydrogens is 309 g/mol. The molecule has 0 saturated carbocycles. The Labute approximate surface area is 139 Å². The molecule has 0 aliphatic carbocycles. The van der Waals surface area contributed by atoms with Crippen LogP contribution in [0.1, 0.15) is 12.0 Å². The van der Waals surface area contributed by atoms with Crippen molar-refractivity contribution in [2.24, 2.45) is 0 Å². The van der Waals surface area contributed by atoms with Gasteiger partial charge in [-0.2, -0.15) is 0 Å². The van der Waals surface area contributed by atoms with Gasteiger partial charge in [0.2, 0.25) is 0 Å². The Morgan fingerprint density at radius 1 is 1.21 bits per heavy atom. The molecule has 0 amide bonds. The molecule has 0 bridgehead atoms. The van der Waals surface area contributed by atoms with E-state index in [1.807, 2.05) is 30.3 Å². The summed E-state index contributed by atoms with van der Waals surface area (Å²) in [7, 11) is 2.92. The van der Waals surface area contributed by atoms with E-state index in [-0.39, 0.29) is 18.2 Å². The maximum absolute atomic E-state index is 14.5. The van der Waals surface area contributed by atoms with E-state index >= 15 is 0 Å². The minimum absolute atomic E-state index is 0.226. The number of rotatable bonds is 5. The topological polar surface area (TPSA) is 51.3 Å². The molecule has 0 spiro atoms. The fraction of sp³-hybridized carbons (Fsp3) is 0.211. The van der Waals surface area contributed by atoms with Crippen LogP contribution in [0.4, 0.5) is 4.39 Å². The number of benzene rings is 2. The number of esters is 1. The number of methoxy groups -OCH3 is 2. The molecule has 1 heterocycles. The number of carbonyl (C=O) groups excluding carboxylic acids is 1. The fourth-order valence-electron chi connectivity index (χ4n) is 2.89. The van der Waals surface area contributed by atoms with Gasteiger partial charge in [0.1, 0.15) is 11.6 Å². The summed E-state index contributed by atoms with van der Waals surface area (Å²) in [6, 6.07) is 11.0. The zero-order valence-electron chi connectivity index (χ0n) is 13.6. The molecule has 0 aliphatic rings. The summed E-state index contributed by atoms with van der Waals surface area (Å²) < 4.78 is 24.8. The van der Waals surface area contributed by atoms with Crippen LogP contribution in [0.25, 0.3) is 22.0 Å². The maximum atomic E-state index is 14.5. The summed E-state index contributed by atoms with van der Waals surface area (Å²) >= 11 is 0. The van der Waals surface area contributed by atoms with Crippen molar-refractivity contribution in [3.05, 3.63) is 54.0 Å². The van der Waals surface area contributed by atoms with Crippen molar-refractivity contribution in [2.75, 3.05) is 14.2 Å². The highest BCUT2D eigenvalue weighted by atomic mass is 19.1. The molecule has 3 rings (SSSR count). The number of hydrogen-bond donors (Lipinski definition) is 1. The number of carbonyl (C=O) groups is 1. The van der Waals surface area contributed by atoms with Crippen molar-refractivity contribution in [3.63, 3.8) is 0 Å². The molecule has 0 fully saturated rings. The summed E-state index contributed by atoms with van der Waals surface area (Å²) in [4.78, 5) is 14.4. The molecule has 1 aromatic heterocycles. The van der Waals surface area contributed by atoms with Crippen LogP contribution in [0.3, 0.4) is 0 Å². The number of aromatic nitrogens is 1. The average Bonchev–Trinajstić information content (AvgIpc) is 3.05. The molecule has 124 valence electrons. The third kappa shape index (κ3) is 2.85. The highest BCUT2D eigenvalue weighted by Gasteiger charge is 2.19. The van der Waals surface area contributed by atoms with Gasteiger partial charge >= 0.3 is 5.97 Å². The first-order valence-electron chi connectivity index (χ1n) is 7.64. The Morgan fingerprint density at radius 2 is 1.96 bits per heavy atom. The molecular formula is C19H18FNO3. The fourth-order valence-corrected chi connectivity index (χ4v) is 2.89. The van der Waals surface area contributed by atoms with Crippen molar-refractivity contribution >= 4 is 16.9 Å². The normalized spacial score (nSPS) is 10.8. The molecule has 1 N–H and O–H groups in total. The number of H-pyrrole nitrogens is 1. The first-order valence-corrected chi connectivity index (χ1v) is 7.64. The third-order valence-corrected chi connectivity index (χ3v) is 4.06. The van der Waals surface area contributed by atoms with Crippen molar-refractivity contribution in [3.8, 4) is 16.9 Å². The number of aryl methyl sites for hydroxylation is 1. The average molecular weight is 327 g/mol. The van der Waals surface area contributed by atoms with Gasteiger partial charge in [-0.1, -0.05) is 30.3 Å². The van der Waals surface area contributed by atoms with Gasteiger partial charge in [0.05, 0.1) is 19.7 Å². The second-order valence-corrected chi connectivity index (χ2v) is 5.45. The van der Waals surface area contributed by atoms with Crippen LogP contribution >= 0.6 is 0 Å². The van der Waals surface area contributed by atoms with Crippen molar-refractivity contribution < 1.29 is 18.7 Å². The predicted molar refractivity (Wildman–Crippen MR) is 90.6 cm³/mol. The smallest absolute Gasteiger partial charge is 0.305 e. The molecule has 3 aromatic rings. The van der Waals surface area contributed by atoms with Gasteiger partial charge in [0, 0.05) is 23.6 Å². The van der Waals surface area contributed by atoms with E-state index in [9.17, 15) is 9.18 Å². The molecule has 0 atom stereocenters. The van der Waals surface area contributed by atoms with Crippen LogP contribution in [0.15, 0.2) is 42.6 Å². The van der Waals surface area contributed by atoms with Gasteiger partial charge < -0.3 is 14.5 Å². The molecule has 0 unspecified atom stereocenters. The largest absolute Gasteiger partial charge is 0.495 e. The minimum atomic E-state index is -0.353. The predicted octanol–water partition coefficient (Wildman–Crippen LogP) is 4.09. The Bertz CT molecular complexity index is 871. The lowest BCUT2D eigenvalue weighted by Crippen LogP contribution is -2.02. The number of ether oxygens (including phenoxy) is 2. The van der Waals surface area contributed by atoms with Crippen molar-refractivity contribution in [1.29, 1.82) is 0 Å². The van der Waals surface area contributed by atoms with Gasteiger partial charge in [-0.15, -0.1) is 0 Å². The Morgan fingerprint density at radius 3 is 2.62 bits per heavy atom. The first-order chi connectivity index (χ1) is 11.7. The lowest BCUT2D eigenvalue weighted by atomic mass is 9.99. The van der Waals surface area contributed by atoms with E-state index in [0.717, 1.165) is 11.1 Å². The zero-order chi connectivity index (χ0) is 17.1. The molecule has 0 aliphatic heterocycles. The van der Waals surface area contributed by atoms with E-state index in [1.165, 1.54) is 13.2 Å². The van der Waals surface area contributed by atoms with Gasteiger partial charge in [-0.05, 0) is 23.6 Å². The highest BCUT2D eigenvalue weighted by Crippen LogP contribution is 2.40. The Hall–Kier alpha value is -2.82. The van der Waals surface area contributed by atoms with Crippen LogP contribution < -0.4 is 4.74 Å². The van der Waals surface area contributed by atoms with Crippen molar-refractivity contribution in [2.45, 2.75) is 12.8 Å². The third-order valence-electron chi connectivity index (χ3n) is 4.06. The minimum Gasteiger partial charge on any atom is -0.495 e. The lowest BCUT2D eigenvalue weighted by Gasteiger charge is -2.12. The summed E-state index contributed by atoms with van der Waals surface area (Å²) in [5.74, 6) is -0.0595. The van der Waals surface area contributed by atoms with Crippen LogP contribution in [-0.2, 0) is 16.0 Å². The zero-order valence-corrected chi connectivity index (χ0v) is 13.6. The Balaban J connectivity index is 2.16. The van der Waals surface area contributed by atoms with Crippen LogP contribution in [-0.4, -0.2) is 25.2 Å². The molecule has 2 aromatic carbocycles. The molecule has 4 nitrogen and oxygen atoms in total. The number of fused-ring (bicyclic) bond motifs is 1. The molecule has 0 radical (unpaired) electrons. The van der Waals surface area contributed by atoms with E-state index in [0.29, 0.717) is 28.6 Å². The van der Waals surface area contributed by atoms with Gasteiger partial charge in [-0.25, -0.2) is 4.39 Å². The maximum Gasteiger partial charge on any atom is 0.305 e. The first kappa shape index (κ1) is 16.1. The molecule has 0 saturated heterocycles. The summed E-state index contributed by atoms with van der Waals surface area (Å²) in [6.45, 7) is 0. The standard InChI is InChI=1S/C19H18FNO3/c1-23-16(22)9-8-13-11-21-18-15(20)10-14(19(24-2)17(13)18)12-6-4-3-5-7-12/h3-7,10-11,21H,8-9H2,1-2H3. The number of hydrogen-bond acceptors (Lipinski definition) is 3. The summed E-state index contributed by atoms with van der Waals surface area (Å²) in [6.07, 6.45) is 2.39. The van der Waals surface area contributed by atoms with Gasteiger partial charge in [0.15, 0.2) is 0 Å². The SMILES string of the molecule is COC(=O)CCc1c[nH]c2c(F)cc(-c3ccccc3)c(OC)c12. The summed E-state index contributed by atoms with van der Waals surface area (Å²) in [5.41, 5.74) is 2.76. The molecule has 24 heavy (non-hydrogen) atoms. The highest BCUT2D eigenvalue weighted by molar-refractivity contribution is 5.96. The lowest BCUT2D eigenvalue weighted by molar-refractivity contribution is -0.140. The number of halogens is 1. The van der Waals surface area contributed by atoms with Gasteiger partial charge in [0.25, 0.3) is 0 Å². The monoisotopic (exact) mass is 327 g/mol. The van der Waals surface area contributed by atoms with E-state index in [2.05, 4.69) is 9.72 Å². The second-order valence-electron chi connectivity index (χ2n) is 5.45. The van der Waals surface area contributed by atoms with Crippen molar-refractivity contribution in [1.82, 2.24) is 4.98 Å². The number of aromatic amines is 1. The van der Waals surface area contributed by atoms with Crippen LogP contribution in [0.5, 0.6) is 5.75 Å². The van der Waals surface area contributed by atoms with Gasteiger partial charge in [-0.3, -0.25) is 4.79 Å². The van der Waals surface area contributed by atoms with Crippen LogP contribution in [0.2, 0.25) is 0 Å². The van der Waals surface area contributed by atoms with Crippen LogP contribution in [0, 0.1) is 5.82 Å². The Kier molecular flexibility index (Phi) is 4.51. The second kappa shape index (κ2) is 6.74. The van der Waals surface area contributed by atoms with E-state index < -0.39 is 0 Å². The quantitative estimate of drug-likeness (QED) is 0.718. The molecule has 5 heteroatoms. The number of nitrogens with one attached hydrogen (secondary N) is 1. The van der Waals surface area contributed by atoms with E-state index in [4.69, 9.17) is 4.74 Å². The summed E-state index contributed by atoms with van der Waals surface area (Å²) in [5, 5.41) is 0.667.